The molecule has 90 valence electrons. The second-order valence-electron chi connectivity index (χ2n) is 3.71. The zero-order valence-electron chi connectivity index (χ0n) is 9.32. The lowest BCUT2D eigenvalue weighted by Gasteiger charge is -2.06. The van der Waals surface area contributed by atoms with Crippen LogP contribution in [0.15, 0.2) is 0 Å². The molecule has 0 aliphatic rings. The third-order valence-corrected chi connectivity index (χ3v) is 3.29. The molecular formula is C9H20N2O3S. The zero-order chi connectivity index (χ0) is 11.9. The van der Waals surface area contributed by atoms with Gasteiger partial charge in [0.1, 0.15) is 0 Å². The minimum Gasteiger partial charge on any atom is -0.328 e. The quantitative estimate of drug-likeness (QED) is 0.668. The molecule has 5 nitrogen and oxygen atoms in total. The average Bonchev–Trinajstić information content (AvgIpc) is 2.01. The Balaban J connectivity index is 3.84. The zero-order valence-corrected chi connectivity index (χ0v) is 10.1. The van der Waals surface area contributed by atoms with Crippen molar-refractivity contribution >= 4 is 15.9 Å². The van der Waals surface area contributed by atoms with Gasteiger partial charge in [0.05, 0.1) is 5.75 Å². The first-order valence-corrected chi connectivity index (χ1v) is 6.81. The summed E-state index contributed by atoms with van der Waals surface area (Å²) in [5, 5.41) is 0. The molecular weight excluding hydrogens is 216 g/mol. The van der Waals surface area contributed by atoms with Crippen molar-refractivity contribution in [3.05, 3.63) is 0 Å². The molecule has 6 heteroatoms. The van der Waals surface area contributed by atoms with Crippen LogP contribution in [0, 0.1) is 0 Å². The third kappa shape index (κ3) is 8.38. The maximum Gasteiger partial charge on any atom is 0.234 e. The molecule has 0 aromatic rings. The molecule has 0 aromatic carbocycles. The molecule has 1 atom stereocenters. The molecule has 0 bridgehead atoms. The number of carbonyl (C=O) groups is 1. The van der Waals surface area contributed by atoms with E-state index >= 15 is 0 Å². The highest BCUT2D eigenvalue weighted by Gasteiger charge is 2.12. The van der Waals surface area contributed by atoms with E-state index in [-0.39, 0.29) is 18.2 Å². The average molecular weight is 236 g/mol. The fourth-order valence-corrected chi connectivity index (χ4v) is 2.22. The first-order valence-electron chi connectivity index (χ1n) is 5.16. The highest BCUT2D eigenvalue weighted by atomic mass is 32.2. The van der Waals surface area contributed by atoms with Gasteiger partial charge in [0.15, 0.2) is 0 Å². The fraction of sp³-hybridized carbons (Fsp3) is 0.889. The van der Waals surface area contributed by atoms with Gasteiger partial charge in [0.2, 0.25) is 15.9 Å². The van der Waals surface area contributed by atoms with Gasteiger partial charge in [0, 0.05) is 12.5 Å². The summed E-state index contributed by atoms with van der Waals surface area (Å²) in [6.45, 7) is 3.60. The molecule has 0 aliphatic carbocycles. The van der Waals surface area contributed by atoms with Gasteiger partial charge in [-0.1, -0.05) is 6.92 Å². The number of amides is 1. The lowest BCUT2D eigenvalue weighted by molar-refractivity contribution is -0.119. The van der Waals surface area contributed by atoms with E-state index in [1.54, 1.807) is 6.92 Å². The number of sulfonamides is 1. The van der Waals surface area contributed by atoms with E-state index in [2.05, 4.69) is 0 Å². The maximum atomic E-state index is 11.2. The van der Waals surface area contributed by atoms with Gasteiger partial charge in [-0.3, -0.25) is 9.52 Å². The van der Waals surface area contributed by atoms with Gasteiger partial charge in [-0.05, 0) is 26.2 Å². The van der Waals surface area contributed by atoms with Crippen molar-refractivity contribution in [3.8, 4) is 0 Å². The Labute approximate surface area is 91.5 Å². The van der Waals surface area contributed by atoms with Crippen LogP contribution in [-0.2, 0) is 14.8 Å². The minimum atomic E-state index is -3.41. The Morgan fingerprint density at radius 1 is 1.47 bits per heavy atom. The number of carbonyl (C=O) groups excluding carboxylic acids is 1. The number of hydrogen-bond donors (Lipinski definition) is 2. The van der Waals surface area contributed by atoms with Crippen molar-refractivity contribution in [2.75, 3.05) is 5.75 Å². The molecule has 0 aliphatic heterocycles. The normalized spacial score (nSPS) is 13.5. The smallest absolute Gasteiger partial charge is 0.234 e. The van der Waals surface area contributed by atoms with Gasteiger partial charge >= 0.3 is 0 Å². The van der Waals surface area contributed by atoms with E-state index < -0.39 is 15.9 Å². The van der Waals surface area contributed by atoms with Crippen LogP contribution >= 0.6 is 0 Å². The van der Waals surface area contributed by atoms with Gasteiger partial charge in [-0.2, -0.15) is 0 Å². The van der Waals surface area contributed by atoms with Crippen LogP contribution in [0.5, 0.6) is 0 Å². The second-order valence-corrected chi connectivity index (χ2v) is 5.56. The third-order valence-electron chi connectivity index (χ3n) is 1.81. The van der Waals surface area contributed by atoms with Crippen LogP contribution in [-0.4, -0.2) is 26.1 Å². The summed E-state index contributed by atoms with van der Waals surface area (Å²) in [5.74, 6) is -0.449. The second kappa shape index (κ2) is 6.79. The van der Waals surface area contributed by atoms with Crippen LogP contribution in [0.3, 0.4) is 0 Å². The van der Waals surface area contributed by atoms with E-state index in [0.717, 1.165) is 6.42 Å². The van der Waals surface area contributed by atoms with Crippen LogP contribution in [0.1, 0.15) is 39.5 Å². The summed E-state index contributed by atoms with van der Waals surface area (Å²) in [6.07, 6.45) is 2.05. The van der Waals surface area contributed by atoms with E-state index in [1.807, 2.05) is 11.6 Å². The molecule has 1 unspecified atom stereocenters. The molecule has 0 spiro atoms. The topological polar surface area (TPSA) is 89.3 Å². The lowest BCUT2D eigenvalue weighted by atomic mass is 10.1. The van der Waals surface area contributed by atoms with E-state index in [4.69, 9.17) is 5.73 Å². The van der Waals surface area contributed by atoms with Crippen molar-refractivity contribution in [3.63, 3.8) is 0 Å². The highest BCUT2D eigenvalue weighted by Crippen LogP contribution is 1.99. The van der Waals surface area contributed by atoms with E-state index in [9.17, 15) is 13.2 Å². The summed E-state index contributed by atoms with van der Waals surface area (Å²) < 4.78 is 24.4. The molecule has 0 saturated carbocycles. The van der Waals surface area contributed by atoms with Gasteiger partial charge in [-0.25, -0.2) is 8.42 Å². The Kier molecular flexibility index (Phi) is 6.51. The molecule has 0 heterocycles. The van der Waals surface area contributed by atoms with Crippen molar-refractivity contribution in [2.45, 2.75) is 45.6 Å². The van der Waals surface area contributed by atoms with Gasteiger partial charge in [0.25, 0.3) is 0 Å². The Morgan fingerprint density at radius 3 is 2.53 bits per heavy atom. The van der Waals surface area contributed by atoms with E-state index in [1.165, 1.54) is 0 Å². The molecule has 0 saturated heterocycles. The van der Waals surface area contributed by atoms with Crippen molar-refractivity contribution in [1.29, 1.82) is 0 Å². The molecule has 15 heavy (non-hydrogen) atoms. The summed E-state index contributed by atoms with van der Waals surface area (Å²) in [6, 6.07) is 0.0463. The number of nitrogens with two attached hydrogens (primary N) is 1. The number of nitrogens with one attached hydrogen (secondary N) is 1. The van der Waals surface area contributed by atoms with E-state index in [0.29, 0.717) is 12.8 Å². The molecule has 0 fully saturated rings. The van der Waals surface area contributed by atoms with Crippen LogP contribution in [0.25, 0.3) is 0 Å². The van der Waals surface area contributed by atoms with Crippen LogP contribution in [0.4, 0.5) is 0 Å². The number of rotatable bonds is 7. The Morgan fingerprint density at radius 2 is 2.07 bits per heavy atom. The molecule has 0 rings (SSSR count). The monoisotopic (exact) mass is 236 g/mol. The molecule has 0 radical (unpaired) electrons. The Bertz CT molecular complexity index is 286. The minimum absolute atomic E-state index is 0.00791. The number of hydrogen-bond acceptors (Lipinski definition) is 4. The summed E-state index contributed by atoms with van der Waals surface area (Å²) in [7, 11) is -3.41. The molecule has 1 amide bonds. The first-order chi connectivity index (χ1) is 6.87. The van der Waals surface area contributed by atoms with Crippen molar-refractivity contribution < 1.29 is 13.2 Å². The summed E-state index contributed by atoms with van der Waals surface area (Å²) >= 11 is 0. The first kappa shape index (κ1) is 14.4. The lowest BCUT2D eigenvalue weighted by Crippen LogP contribution is -2.32. The molecule has 0 aromatic heterocycles. The van der Waals surface area contributed by atoms with Gasteiger partial charge in [-0.15, -0.1) is 0 Å². The van der Waals surface area contributed by atoms with Crippen molar-refractivity contribution in [2.24, 2.45) is 5.73 Å². The molecule has 3 N–H and O–H groups in total. The van der Waals surface area contributed by atoms with Crippen LogP contribution < -0.4 is 10.5 Å². The maximum absolute atomic E-state index is 11.2. The van der Waals surface area contributed by atoms with Crippen molar-refractivity contribution in [1.82, 2.24) is 4.72 Å². The predicted molar refractivity (Wildman–Crippen MR) is 59.7 cm³/mol. The fourth-order valence-electron chi connectivity index (χ4n) is 1.13. The van der Waals surface area contributed by atoms with Crippen LogP contribution in [0.2, 0.25) is 0 Å². The predicted octanol–water partition coefficient (Wildman–Crippen LogP) is 0.360. The Hall–Kier alpha value is -0.620. The SMILES string of the molecule is CCCS(=O)(=O)NC(=O)CCCC(C)N. The highest BCUT2D eigenvalue weighted by molar-refractivity contribution is 7.90. The largest absolute Gasteiger partial charge is 0.328 e. The summed E-state index contributed by atoms with van der Waals surface area (Å²) in [4.78, 5) is 11.2. The standard InChI is InChI=1S/C9H20N2O3S/c1-3-7-15(13,14)11-9(12)6-4-5-8(2)10/h8H,3-7,10H2,1-2H3,(H,11,12). The summed E-state index contributed by atoms with van der Waals surface area (Å²) in [5.41, 5.74) is 5.50. The van der Waals surface area contributed by atoms with Gasteiger partial charge < -0.3 is 5.73 Å².